The number of aryl methyl sites for hydroxylation is 2. The van der Waals surface area contributed by atoms with E-state index in [1.807, 2.05) is 26.0 Å². The standard InChI is InChI=1S/C15H15N3O/c1-10-5-11(2)7-12(6-10)15(19)13-8-17-18-4-3-16-9-14(13)18/h3-9,15,19H,1-2H3. The van der Waals surface area contributed by atoms with Crippen molar-refractivity contribution in [3.05, 3.63) is 65.2 Å². The fraction of sp³-hybridized carbons (Fsp3) is 0.200. The molecule has 96 valence electrons. The number of benzene rings is 1. The summed E-state index contributed by atoms with van der Waals surface area (Å²) in [4.78, 5) is 4.08. The van der Waals surface area contributed by atoms with Gasteiger partial charge in [0, 0.05) is 18.0 Å². The van der Waals surface area contributed by atoms with E-state index in [0.29, 0.717) is 0 Å². The Morgan fingerprint density at radius 2 is 1.84 bits per heavy atom. The van der Waals surface area contributed by atoms with Crippen LogP contribution in [0.3, 0.4) is 0 Å². The van der Waals surface area contributed by atoms with E-state index < -0.39 is 6.10 Å². The van der Waals surface area contributed by atoms with Crippen LogP contribution in [-0.4, -0.2) is 19.7 Å². The van der Waals surface area contributed by atoms with E-state index in [9.17, 15) is 5.11 Å². The molecule has 1 unspecified atom stereocenters. The molecule has 0 aliphatic carbocycles. The lowest BCUT2D eigenvalue weighted by Crippen LogP contribution is -2.00. The number of hydrogen-bond donors (Lipinski definition) is 1. The summed E-state index contributed by atoms with van der Waals surface area (Å²) in [5, 5.41) is 14.8. The molecule has 3 aromatic rings. The van der Waals surface area contributed by atoms with Crippen LogP contribution < -0.4 is 0 Å². The Hall–Kier alpha value is -2.20. The monoisotopic (exact) mass is 253 g/mol. The van der Waals surface area contributed by atoms with E-state index in [-0.39, 0.29) is 0 Å². The molecule has 3 rings (SSSR count). The SMILES string of the molecule is Cc1cc(C)cc(C(O)c2cnn3ccncc23)c1. The van der Waals surface area contributed by atoms with Crippen LogP contribution in [0.1, 0.15) is 28.4 Å². The van der Waals surface area contributed by atoms with Gasteiger partial charge in [0.1, 0.15) is 6.10 Å². The third-order valence-corrected chi connectivity index (χ3v) is 3.21. The summed E-state index contributed by atoms with van der Waals surface area (Å²) in [7, 11) is 0. The lowest BCUT2D eigenvalue weighted by molar-refractivity contribution is 0.221. The van der Waals surface area contributed by atoms with Gasteiger partial charge in [0.25, 0.3) is 0 Å². The van der Waals surface area contributed by atoms with E-state index in [4.69, 9.17) is 0 Å². The predicted molar refractivity (Wildman–Crippen MR) is 73.0 cm³/mol. The lowest BCUT2D eigenvalue weighted by atomic mass is 9.99. The maximum atomic E-state index is 10.5. The molecular formula is C15H15N3O. The molecule has 19 heavy (non-hydrogen) atoms. The molecule has 4 nitrogen and oxygen atoms in total. The smallest absolute Gasteiger partial charge is 0.108 e. The van der Waals surface area contributed by atoms with Crippen molar-refractivity contribution < 1.29 is 5.11 Å². The van der Waals surface area contributed by atoms with Crippen molar-refractivity contribution in [2.24, 2.45) is 0 Å². The van der Waals surface area contributed by atoms with Crippen LogP contribution >= 0.6 is 0 Å². The van der Waals surface area contributed by atoms with E-state index >= 15 is 0 Å². The summed E-state index contributed by atoms with van der Waals surface area (Å²) in [6.07, 6.45) is 6.17. The van der Waals surface area contributed by atoms with Gasteiger partial charge >= 0.3 is 0 Å². The van der Waals surface area contributed by atoms with Crippen LogP contribution in [0, 0.1) is 13.8 Å². The van der Waals surface area contributed by atoms with Crippen molar-refractivity contribution in [2.45, 2.75) is 20.0 Å². The van der Waals surface area contributed by atoms with Crippen LogP contribution in [0.5, 0.6) is 0 Å². The number of rotatable bonds is 2. The van der Waals surface area contributed by atoms with Crippen molar-refractivity contribution in [2.75, 3.05) is 0 Å². The number of aliphatic hydroxyl groups is 1. The van der Waals surface area contributed by atoms with Gasteiger partial charge in [0.15, 0.2) is 0 Å². The molecule has 0 amide bonds. The van der Waals surface area contributed by atoms with Crippen molar-refractivity contribution in [1.29, 1.82) is 0 Å². The molecule has 0 radical (unpaired) electrons. The summed E-state index contributed by atoms with van der Waals surface area (Å²) < 4.78 is 1.72. The van der Waals surface area contributed by atoms with Gasteiger partial charge in [-0.1, -0.05) is 29.3 Å². The summed E-state index contributed by atoms with van der Waals surface area (Å²) in [6.45, 7) is 4.06. The quantitative estimate of drug-likeness (QED) is 0.763. The second-order valence-corrected chi connectivity index (χ2v) is 4.83. The van der Waals surface area contributed by atoms with Crippen LogP contribution in [-0.2, 0) is 0 Å². The highest BCUT2D eigenvalue weighted by Gasteiger charge is 2.16. The van der Waals surface area contributed by atoms with Gasteiger partial charge in [-0.2, -0.15) is 5.10 Å². The van der Waals surface area contributed by atoms with Crippen molar-refractivity contribution in [3.8, 4) is 0 Å². The van der Waals surface area contributed by atoms with Crippen LogP contribution in [0.15, 0.2) is 43.0 Å². The van der Waals surface area contributed by atoms with Gasteiger partial charge in [-0.25, -0.2) is 4.52 Å². The van der Waals surface area contributed by atoms with E-state index in [1.54, 1.807) is 29.3 Å². The zero-order valence-electron chi connectivity index (χ0n) is 10.9. The molecule has 2 heterocycles. The van der Waals surface area contributed by atoms with Gasteiger partial charge in [-0.05, 0) is 19.4 Å². The topological polar surface area (TPSA) is 50.4 Å². The molecule has 0 spiro atoms. The highest BCUT2D eigenvalue weighted by Crippen LogP contribution is 2.26. The molecule has 0 saturated carbocycles. The average Bonchev–Trinajstić information content (AvgIpc) is 2.80. The van der Waals surface area contributed by atoms with E-state index in [0.717, 1.165) is 27.8 Å². The first-order valence-electron chi connectivity index (χ1n) is 6.18. The number of hydrogen-bond acceptors (Lipinski definition) is 3. The third kappa shape index (κ3) is 2.11. The van der Waals surface area contributed by atoms with Gasteiger partial charge in [-0.15, -0.1) is 0 Å². The van der Waals surface area contributed by atoms with Crippen LogP contribution in [0.2, 0.25) is 0 Å². The predicted octanol–water partition coefficient (Wildman–Crippen LogP) is 2.43. The second-order valence-electron chi connectivity index (χ2n) is 4.83. The third-order valence-electron chi connectivity index (χ3n) is 3.21. The molecule has 1 atom stereocenters. The highest BCUT2D eigenvalue weighted by molar-refractivity contribution is 5.55. The van der Waals surface area contributed by atoms with Crippen LogP contribution in [0.4, 0.5) is 0 Å². The summed E-state index contributed by atoms with van der Waals surface area (Å²) in [5.41, 5.74) is 4.77. The summed E-state index contributed by atoms with van der Waals surface area (Å²) in [6, 6.07) is 6.09. The fourth-order valence-electron chi connectivity index (χ4n) is 2.41. The minimum Gasteiger partial charge on any atom is -0.384 e. The Balaban J connectivity index is 2.10. The lowest BCUT2D eigenvalue weighted by Gasteiger charge is -2.11. The molecule has 0 aliphatic rings. The zero-order chi connectivity index (χ0) is 13.4. The molecule has 0 fully saturated rings. The van der Waals surface area contributed by atoms with Gasteiger partial charge in [0.05, 0.1) is 17.9 Å². The van der Waals surface area contributed by atoms with Gasteiger partial charge in [-0.3, -0.25) is 4.98 Å². The fourth-order valence-corrected chi connectivity index (χ4v) is 2.41. The van der Waals surface area contributed by atoms with Crippen molar-refractivity contribution >= 4 is 5.52 Å². The zero-order valence-corrected chi connectivity index (χ0v) is 10.9. The van der Waals surface area contributed by atoms with Crippen molar-refractivity contribution in [1.82, 2.24) is 14.6 Å². The van der Waals surface area contributed by atoms with Crippen molar-refractivity contribution in [3.63, 3.8) is 0 Å². The highest BCUT2D eigenvalue weighted by atomic mass is 16.3. The van der Waals surface area contributed by atoms with E-state index in [2.05, 4.69) is 16.1 Å². The molecular weight excluding hydrogens is 238 g/mol. The molecule has 2 aromatic heterocycles. The first-order chi connectivity index (χ1) is 9.15. The number of nitrogens with zero attached hydrogens (tertiary/aromatic N) is 3. The largest absolute Gasteiger partial charge is 0.384 e. The van der Waals surface area contributed by atoms with Crippen LogP contribution in [0.25, 0.3) is 5.52 Å². The Morgan fingerprint density at radius 3 is 2.58 bits per heavy atom. The number of fused-ring (bicyclic) bond motifs is 1. The normalized spacial score (nSPS) is 12.8. The molecule has 1 N–H and O–H groups in total. The maximum absolute atomic E-state index is 10.5. The Kier molecular flexibility index (Phi) is 2.80. The molecule has 1 aromatic carbocycles. The summed E-state index contributed by atoms with van der Waals surface area (Å²) in [5.74, 6) is 0. The number of aliphatic hydroxyl groups excluding tert-OH is 1. The maximum Gasteiger partial charge on any atom is 0.108 e. The number of aromatic nitrogens is 3. The first kappa shape index (κ1) is 11.9. The molecule has 4 heteroatoms. The minimum absolute atomic E-state index is 0.680. The molecule has 0 saturated heterocycles. The Bertz CT molecular complexity index is 713. The Labute approximate surface area is 111 Å². The average molecular weight is 253 g/mol. The minimum atomic E-state index is -0.680. The van der Waals surface area contributed by atoms with E-state index in [1.165, 1.54) is 0 Å². The molecule has 0 bridgehead atoms. The second kappa shape index (κ2) is 4.48. The first-order valence-corrected chi connectivity index (χ1v) is 6.18. The van der Waals surface area contributed by atoms with Gasteiger partial charge < -0.3 is 5.11 Å². The van der Waals surface area contributed by atoms with Gasteiger partial charge in [0.2, 0.25) is 0 Å². The Morgan fingerprint density at radius 1 is 1.11 bits per heavy atom. The summed E-state index contributed by atoms with van der Waals surface area (Å²) >= 11 is 0. The molecule has 0 aliphatic heterocycles.